The van der Waals surface area contributed by atoms with E-state index in [-0.39, 0.29) is 18.2 Å². The average Bonchev–Trinajstić information content (AvgIpc) is 3.42. The van der Waals surface area contributed by atoms with Crippen molar-refractivity contribution in [3.8, 4) is 11.6 Å². The lowest BCUT2D eigenvalue weighted by Gasteiger charge is -2.15. The zero-order valence-corrected chi connectivity index (χ0v) is 14.4. The second-order valence-electron chi connectivity index (χ2n) is 6.09. The molecule has 0 bridgehead atoms. The molecule has 0 spiro atoms. The van der Waals surface area contributed by atoms with E-state index in [0.29, 0.717) is 42.7 Å². The molecule has 1 saturated heterocycles. The summed E-state index contributed by atoms with van der Waals surface area (Å²) >= 11 is 0. The predicted octanol–water partition coefficient (Wildman–Crippen LogP) is 2.42. The first-order chi connectivity index (χ1) is 13.2. The summed E-state index contributed by atoms with van der Waals surface area (Å²) in [6.07, 6.45) is 5.02. The first-order valence-electron chi connectivity index (χ1n) is 8.62. The van der Waals surface area contributed by atoms with Crippen LogP contribution in [0.15, 0.2) is 45.7 Å². The number of aromatic nitrogens is 3. The third kappa shape index (κ3) is 3.86. The summed E-state index contributed by atoms with van der Waals surface area (Å²) in [5.74, 6) is 1.52. The molecule has 0 saturated carbocycles. The van der Waals surface area contributed by atoms with Gasteiger partial charge in [-0.15, -0.1) is 0 Å². The highest BCUT2D eigenvalue weighted by atomic mass is 16.5. The molecule has 9 heteroatoms. The van der Waals surface area contributed by atoms with Crippen molar-refractivity contribution in [2.75, 3.05) is 16.8 Å². The van der Waals surface area contributed by atoms with Crippen LogP contribution in [-0.4, -0.2) is 33.5 Å². The zero-order valence-electron chi connectivity index (χ0n) is 14.4. The van der Waals surface area contributed by atoms with E-state index in [0.717, 1.165) is 12.1 Å². The van der Waals surface area contributed by atoms with Gasteiger partial charge >= 0.3 is 0 Å². The molecular weight excluding hydrogens is 350 g/mol. The van der Waals surface area contributed by atoms with Gasteiger partial charge in [-0.3, -0.25) is 9.59 Å². The smallest absolute Gasteiger partial charge is 0.238 e. The number of furan rings is 1. The van der Waals surface area contributed by atoms with Crippen LogP contribution in [0.4, 0.5) is 11.5 Å². The number of pyridine rings is 1. The number of aryl methyl sites for hydroxylation is 1. The molecule has 0 aromatic carbocycles. The number of nitrogens with one attached hydrogen (secondary N) is 1. The summed E-state index contributed by atoms with van der Waals surface area (Å²) < 4.78 is 10.3. The van der Waals surface area contributed by atoms with Crippen molar-refractivity contribution in [2.24, 2.45) is 0 Å². The Kier molecular flexibility index (Phi) is 4.65. The summed E-state index contributed by atoms with van der Waals surface area (Å²) in [5, 5.41) is 6.53. The second-order valence-corrected chi connectivity index (χ2v) is 6.09. The molecule has 4 heterocycles. The van der Waals surface area contributed by atoms with Gasteiger partial charge in [0.15, 0.2) is 5.76 Å². The number of amides is 2. The number of hydrogen-bond donors (Lipinski definition) is 1. The van der Waals surface area contributed by atoms with Gasteiger partial charge in [0.1, 0.15) is 5.82 Å². The molecule has 1 fully saturated rings. The lowest BCUT2D eigenvalue weighted by Crippen LogP contribution is -2.23. The van der Waals surface area contributed by atoms with Gasteiger partial charge in [-0.2, -0.15) is 4.98 Å². The molecule has 1 aliphatic rings. The van der Waals surface area contributed by atoms with Gasteiger partial charge in [0.05, 0.1) is 18.1 Å². The number of rotatable bonds is 6. The Morgan fingerprint density at radius 1 is 1.30 bits per heavy atom. The van der Waals surface area contributed by atoms with Gasteiger partial charge in [-0.1, -0.05) is 5.16 Å². The van der Waals surface area contributed by atoms with Crippen molar-refractivity contribution in [2.45, 2.75) is 25.7 Å². The first kappa shape index (κ1) is 17.0. The van der Waals surface area contributed by atoms with E-state index in [1.165, 1.54) is 6.26 Å². The number of anilines is 2. The Labute approximate surface area is 154 Å². The lowest BCUT2D eigenvalue weighted by atomic mass is 10.3. The van der Waals surface area contributed by atoms with E-state index in [1.807, 2.05) is 0 Å². The third-order valence-electron chi connectivity index (χ3n) is 4.18. The van der Waals surface area contributed by atoms with Crippen LogP contribution in [0.1, 0.15) is 25.2 Å². The Morgan fingerprint density at radius 3 is 2.93 bits per heavy atom. The van der Waals surface area contributed by atoms with Crippen LogP contribution in [-0.2, 0) is 16.0 Å². The number of carbonyl (C=O) groups excluding carboxylic acids is 2. The molecule has 1 N–H and O–H groups in total. The fraction of sp³-hybridized carbons (Fsp3) is 0.278. The van der Waals surface area contributed by atoms with Gasteiger partial charge in [0.2, 0.25) is 23.5 Å². The molecule has 1 aliphatic heterocycles. The van der Waals surface area contributed by atoms with Crippen LogP contribution in [0.3, 0.4) is 0 Å². The molecule has 3 aromatic heterocycles. The highest BCUT2D eigenvalue weighted by Crippen LogP contribution is 2.21. The fourth-order valence-electron chi connectivity index (χ4n) is 2.83. The van der Waals surface area contributed by atoms with Crippen LogP contribution >= 0.6 is 0 Å². The van der Waals surface area contributed by atoms with Gasteiger partial charge in [-0.05, 0) is 30.7 Å². The molecule has 0 radical (unpaired) electrons. The minimum Gasteiger partial charge on any atom is -0.461 e. The Balaban J connectivity index is 1.30. The van der Waals surface area contributed by atoms with E-state index in [1.54, 1.807) is 35.4 Å². The maximum absolute atomic E-state index is 12.1. The normalized spacial score (nSPS) is 13.9. The van der Waals surface area contributed by atoms with E-state index in [9.17, 15) is 9.59 Å². The van der Waals surface area contributed by atoms with Gasteiger partial charge < -0.3 is 19.2 Å². The minimum atomic E-state index is -0.217. The molecule has 2 amide bonds. The monoisotopic (exact) mass is 367 g/mol. The first-order valence-corrected chi connectivity index (χ1v) is 8.62. The minimum absolute atomic E-state index is 0.0991. The maximum atomic E-state index is 12.1. The predicted molar refractivity (Wildman–Crippen MR) is 94.8 cm³/mol. The number of carbonyl (C=O) groups is 2. The SMILES string of the molecule is O=C(CCc1nc(-c2ccco2)no1)Nc1ccc(N2CCCC2=O)cn1. The van der Waals surface area contributed by atoms with Crippen molar-refractivity contribution in [3.05, 3.63) is 42.6 Å². The molecular formula is C18H17N5O4. The molecule has 3 aromatic rings. The number of hydrogen-bond acceptors (Lipinski definition) is 7. The molecule has 4 rings (SSSR count). The van der Waals surface area contributed by atoms with E-state index >= 15 is 0 Å². The van der Waals surface area contributed by atoms with Crippen molar-refractivity contribution >= 4 is 23.3 Å². The topological polar surface area (TPSA) is 114 Å². The number of nitrogens with zero attached hydrogens (tertiary/aromatic N) is 4. The zero-order chi connectivity index (χ0) is 18.6. The average molecular weight is 367 g/mol. The van der Waals surface area contributed by atoms with E-state index in [2.05, 4.69) is 20.4 Å². The van der Waals surface area contributed by atoms with E-state index in [4.69, 9.17) is 8.94 Å². The summed E-state index contributed by atoms with van der Waals surface area (Å²) in [6, 6.07) is 6.92. The molecule has 9 nitrogen and oxygen atoms in total. The molecule has 0 unspecified atom stereocenters. The summed E-state index contributed by atoms with van der Waals surface area (Å²) in [7, 11) is 0. The standard InChI is InChI=1S/C18H17N5O4/c24-15(7-8-16-21-18(22-27-16)13-3-2-10-26-13)20-14-6-5-12(11-19-14)23-9-1-4-17(23)25/h2-3,5-6,10-11H,1,4,7-9H2,(H,19,20,24). The summed E-state index contributed by atoms with van der Waals surface area (Å²) in [4.78, 5) is 33.9. The third-order valence-corrected chi connectivity index (χ3v) is 4.18. The summed E-state index contributed by atoms with van der Waals surface area (Å²) in [6.45, 7) is 0.705. The van der Waals surface area contributed by atoms with Gasteiger partial charge in [0.25, 0.3) is 0 Å². The Hall–Kier alpha value is -3.49. The summed E-state index contributed by atoms with van der Waals surface area (Å²) in [5.41, 5.74) is 0.742. The van der Waals surface area contributed by atoms with Crippen LogP contribution < -0.4 is 10.2 Å². The molecule has 0 atom stereocenters. The molecule has 138 valence electrons. The van der Waals surface area contributed by atoms with Gasteiger partial charge in [0, 0.05) is 25.8 Å². The van der Waals surface area contributed by atoms with Gasteiger partial charge in [-0.25, -0.2) is 4.98 Å². The second kappa shape index (κ2) is 7.40. The molecule has 0 aliphatic carbocycles. The fourth-order valence-corrected chi connectivity index (χ4v) is 2.83. The van der Waals surface area contributed by atoms with Crippen LogP contribution in [0.5, 0.6) is 0 Å². The van der Waals surface area contributed by atoms with Crippen LogP contribution in [0, 0.1) is 0 Å². The molecule has 27 heavy (non-hydrogen) atoms. The van der Waals surface area contributed by atoms with Crippen molar-refractivity contribution in [1.29, 1.82) is 0 Å². The van der Waals surface area contributed by atoms with Crippen LogP contribution in [0.25, 0.3) is 11.6 Å². The van der Waals surface area contributed by atoms with Crippen molar-refractivity contribution in [1.82, 2.24) is 15.1 Å². The Bertz CT molecular complexity index is 933. The highest BCUT2D eigenvalue weighted by molar-refractivity contribution is 5.95. The van der Waals surface area contributed by atoms with Crippen molar-refractivity contribution in [3.63, 3.8) is 0 Å². The van der Waals surface area contributed by atoms with Crippen LogP contribution in [0.2, 0.25) is 0 Å². The highest BCUT2D eigenvalue weighted by Gasteiger charge is 2.21. The Morgan fingerprint density at radius 2 is 2.22 bits per heavy atom. The van der Waals surface area contributed by atoms with Crippen molar-refractivity contribution < 1.29 is 18.5 Å². The largest absolute Gasteiger partial charge is 0.461 e. The lowest BCUT2D eigenvalue weighted by molar-refractivity contribution is -0.117. The van der Waals surface area contributed by atoms with E-state index < -0.39 is 0 Å². The maximum Gasteiger partial charge on any atom is 0.238 e. The quantitative estimate of drug-likeness (QED) is 0.711.